The topological polar surface area (TPSA) is 53.6 Å². The molecule has 2 aromatic heterocycles. The summed E-state index contributed by atoms with van der Waals surface area (Å²) in [6.45, 7) is 2.94. The van der Waals surface area contributed by atoms with Crippen LogP contribution >= 0.6 is 11.3 Å². The van der Waals surface area contributed by atoms with Crippen LogP contribution in [0.4, 0.5) is 5.69 Å². The third-order valence-corrected chi connectivity index (χ3v) is 3.95. The number of anilines is 1. The van der Waals surface area contributed by atoms with Gasteiger partial charge in [0.2, 0.25) is 0 Å². The molecule has 0 radical (unpaired) electrons. The van der Waals surface area contributed by atoms with Gasteiger partial charge in [-0.3, -0.25) is 5.10 Å². The average molecular weight is 258 g/mol. The summed E-state index contributed by atoms with van der Waals surface area (Å²) in [5, 5.41) is 12.7. The molecule has 92 valence electrons. The number of fused-ring (bicyclic) bond motifs is 1. The van der Waals surface area contributed by atoms with E-state index in [2.05, 4.69) is 45.6 Å². The molecule has 0 amide bonds. The lowest BCUT2D eigenvalue weighted by Crippen LogP contribution is -1.96. The molecule has 2 heterocycles. The van der Waals surface area contributed by atoms with Gasteiger partial charge in [0.15, 0.2) is 0 Å². The molecule has 0 aliphatic heterocycles. The molecule has 0 unspecified atom stereocenters. The molecule has 0 bridgehead atoms. The van der Waals surface area contributed by atoms with Crippen LogP contribution in [0.25, 0.3) is 10.9 Å². The van der Waals surface area contributed by atoms with Gasteiger partial charge in [-0.15, -0.1) is 11.3 Å². The van der Waals surface area contributed by atoms with E-state index in [4.69, 9.17) is 0 Å². The molecular weight excluding hydrogens is 244 g/mol. The Bertz CT molecular complexity index is 656. The Morgan fingerprint density at radius 1 is 1.33 bits per heavy atom. The smallest absolute Gasteiger partial charge is 0.0925 e. The van der Waals surface area contributed by atoms with Gasteiger partial charge in [0.05, 0.1) is 23.3 Å². The van der Waals surface area contributed by atoms with Crippen molar-refractivity contribution in [2.24, 2.45) is 0 Å². The summed E-state index contributed by atoms with van der Waals surface area (Å²) >= 11 is 1.76. The minimum Gasteiger partial charge on any atom is -0.380 e. The molecule has 0 saturated carbocycles. The van der Waals surface area contributed by atoms with E-state index in [0.717, 1.165) is 29.6 Å². The van der Waals surface area contributed by atoms with Crippen molar-refractivity contribution in [3.8, 4) is 0 Å². The summed E-state index contributed by atoms with van der Waals surface area (Å²) in [6, 6.07) is 6.20. The van der Waals surface area contributed by atoms with Crippen LogP contribution in [0.1, 0.15) is 16.8 Å². The highest BCUT2D eigenvalue weighted by molar-refractivity contribution is 7.11. The molecule has 3 aromatic rings. The van der Waals surface area contributed by atoms with Crippen molar-refractivity contribution >= 4 is 27.9 Å². The Morgan fingerprint density at radius 2 is 2.28 bits per heavy atom. The maximum Gasteiger partial charge on any atom is 0.0925 e. The summed E-state index contributed by atoms with van der Waals surface area (Å²) in [6.07, 6.45) is 4.78. The van der Waals surface area contributed by atoms with E-state index < -0.39 is 0 Å². The quantitative estimate of drug-likeness (QED) is 0.755. The number of rotatable bonds is 4. The Kier molecular flexibility index (Phi) is 2.98. The first-order valence-electron chi connectivity index (χ1n) is 5.96. The minimum atomic E-state index is 0.817. The number of hydrogen-bond acceptors (Lipinski definition) is 4. The van der Waals surface area contributed by atoms with Crippen LogP contribution in [0, 0.1) is 0 Å². The second kappa shape index (κ2) is 4.78. The lowest BCUT2D eigenvalue weighted by molar-refractivity contribution is 1.09. The molecule has 0 spiro atoms. The fourth-order valence-electron chi connectivity index (χ4n) is 1.83. The largest absolute Gasteiger partial charge is 0.380 e. The molecule has 1 aromatic carbocycles. The molecule has 0 fully saturated rings. The Morgan fingerprint density at radius 3 is 3.11 bits per heavy atom. The Balaban J connectivity index is 1.72. The van der Waals surface area contributed by atoms with Crippen LogP contribution in [-0.2, 0) is 13.0 Å². The molecule has 3 rings (SSSR count). The molecule has 0 aliphatic rings. The molecule has 2 N–H and O–H groups in total. The van der Waals surface area contributed by atoms with Gasteiger partial charge < -0.3 is 5.32 Å². The van der Waals surface area contributed by atoms with Crippen molar-refractivity contribution in [2.75, 3.05) is 5.32 Å². The predicted octanol–water partition coefficient (Wildman–Crippen LogP) is 3.19. The summed E-state index contributed by atoms with van der Waals surface area (Å²) in [5.41, 5.74) is 2.15. The number of hydrogen-bond donors (Lipinski definition) is 2. The maximum absolute atomic E-state index is 4.35. The van der Waals surface area contributed by atoms with Crippen LogP contribution in [0.2, 0.25) is 0 Å². The summed E-state index contributed by atoms with van der Waals surface area (Å²) in [5.74, 6) is 0. The van der Waals surface area contributed by atoms with Gasteiger partial charge in [-0.1, -0.05) is 6.92 Å². The fourth-order valence-corrected chi connectivity index (χ4v) is 2.63. The van der Waals surface area contributed by atoms with E-state index in [1.807, 2.05) is 12.4 Å². The molecular formula is C13H14N4S. The van der Waals surface area contributed by atoms with Crippen LogP contribution in [0.5, 0.6) is 0 Å². The van der Waals surface area contributed by atoms with Gasteiger partial charge in [-0.2, -0.15) is 5.10 Å². The van der Waals surface area contributed by atoms with Crippen molar-refractivity contribution in [3.05, 3.63) is 40.5 Å². The van der Waals surface area contributed by atoms with Gasteiger partial charge >= 0.3 is 0 Å². The van der Waals surface area contributed by atoms with Crippen molar-refractivity contribution < 1.29 is 0 Å². The van der Waals surface area contributed by atoms with Gasteiger partial charge in [0.25, 0.3) is 0 Å². The van der Waals surface area contributed by atoms with Gasteiger partial charge in [-0.25, -0.2) is 4.98 Å². The molecule has 5 heteroatoms. The predicted molar refractivity (Wildman–Crippen MR) is 74.9 cm³/mol. The Hall–Kier alpha value is -1.88. The third-order valence-electron chi connectivity index (χ3n) is 2.81. The molecule has 4 nitrogen and oxygen atoms in total. The molecule has 0 aliphatic carbocycles. The monoisotopic (exact) mass is 258 g/mol. The first-order chi connectivity index (χ1) is 8.85. The summed E-state index contributed by atoms with van der Waals surface area (Å²) in [7, 11) is 0. The standard InChI is InChI=1S/C13H14N4S/c1-2-13-15-8-11(18-13)7-14-10-4-3-9-6-16-17-12(9)5-10/h3-6,8,14H,2,7H2,1H3,(H,16,17). The van der Waals surface area contributed by atoms with Crippen molar-refractivity contribution in [3.63, 3.8) is 0 Å². The number of benzene rings is 1. The van der Waals surface area contributed by atoms with E-state index in [-0.39, 0.29) is 0 Å². The minimum absolute atomic E-state index is 0.817. The molecule has 0 saturated heterocycles. The summed E-state index contributed by atoms with van der Waals surface area (Å²) < 4.78 is 0. The van der Waals surface area contributed by atoms with Crippen LogP contribution in [0.15, 0.2) is 30.6 Å². The second-order valence-corrected chi connectivity index (χ2v) is 5.30. The maximum atomic E-state index is 4.35. The van der Waals surface area contributed by atoms with Crippen molar-refractivity contribution in [1.82, 2.24) is 15.2 Å². The second-order valence-electron chi connectivity index (χ2n) is 4.10. The van der Waals surface area contributed by atoms with E-state index in [1.165, 1.54) is 9.88 Å². The first kappa shape index (κ1) is 11.2. The lowest BCUT2D eigenvalue weighted by atomic mass is 10.2. The normalized spacial score (nSPS) is 10.9. The highest BCUT2D eigenvalue weighted by Crippen LogP contribution is 2.19. The SMILES string of the molecule is CCc1ncc(CNc2ccc3cn[nH]c3c2)s1. The van der Waals surface area contributed by atoms with Crippen LogP contribution < -0.4 is 5.32 Å². The van der Waals surface area contributed by atoms with E-state index >= 15 is 0 Å². The summed E-state index contributed by atoms with van der Waals surface area (Å²) in [4.78, 5) is 5.61. The zero-order valence-electron chi connectivity index (χ0n) is 10.1. The number of nitrogens with one attached hydrogen (secondary N) is 2. The van der Waals surface area contributed by atoms with Crippen molar-refractivity contribution in [1.29, 1.82) is 0 Å². The third kappa shape index (κ3) is 2.22. The van der Waals surface area contributed by atoms with Gasteiger partial charge in [-0.05, 0) is 24.6 Å². The van der Waals surface area contributed by atoms with Gasteiger partial charge in [0.1, 0.15) is 0 Å². The number of aromatic amines is 1. The number of aryl methyl sites for hydroxylation is 1. The van der Waals surface area contributed by atoms with Crippen LogP contribution in [0.3, 0.4) is 0 Å². The highest BCUT2D eigenvalue weighted by atomic mass is 32.1. The zero-order valence-corrected chi connectivity index (χ0v) is 10.9. The number of nitrogens with zero attached hydrogens (tertiary/aromatic N) is 2. The number of thiazole rings is 1. The average Bonchev–Trinajstić information content (AvgIpc) is 3.04. The number of aromatic nitrogens is 3. The Labute approximate surface area is 109 Å². The molecule has 0 atom stereocenters. The fraction of sp³-hybridized carbons (Fsp3) is 0.231. The van der Waals surface area contributed by atoms with E-state index in [0.29, 0.717) is 0 Å². The lowest BCUT2D eigenvalue weighted by Gasteiger charge is -2.04. The van der Waals surface area contributed by atoms with E-state index in [1.54, 1.807) is 11.3 Å². The van der Waals surface area contributed by atoms with Crippen molar-refractivity contribution in [2.45, 2.75) is 19.9 Å². The highest BCUT2D eigenvalue weighted by Gasteiger charge is 2.01. The molecule has 18 heavy (non-hydrogen) atoms. The van der Waals surface area contributed by atoms with Crippen LogP contribution in [-0.4, -0.2) is 15.2 Å². The first-order valence-corrected chi connectivity index (χ1v) is 6.77. The zero-order chi connectivity index (χ0) is 12.4. The van der Waals surface area contributed by atoms with Gasteiger partial charge in [0, 0.05) is 22.1 Å². The van der Waals surface area contributed by atoms with E-state index in [9.17, 15) is 0 Å². The number of H-pyrrole nitrogens is 1.